The van der Waals surface area contributed by atoms with Crippen LogP contribution >= 0.6 is 12.2 Å². The van der Waals surface area contributed by atoms with Crippen molar-refractivity contribution < 1.29 is 9.47 Å². The van der Waals surface area contributed by atoms with Gasteiger partial charge >= 0.3 is 0 Å². The summed E-state index contributed by atoms with van der Waals surface area (Å²) < 4.78 is 13.5. The highest BCUT2D eigenvalue weighted by Gasteiger charge is 2.42. The van der Waals surface area contributed by atoms with Crippen LogP contribution in [-0.4, -0.2) is 78.7 Å². The van der Waals surface area contributed by atoms with Gasteiger partial charge < -0.3 is 29.2 Å². The van der Waals surface area contributed by atoms with Crippen molar-refractivity contribution in [2.75, 3.05) is 69.0 Å². The van der Waals surface area contributed by atoms with E-state index in [1.54, 1.807) is 0 Å². The van der Waals surface area contributed by atoms with Crippen LogP contribution in [0.2, 0.25) is 0 Å². The molecule has 5 heterocycles. The molecule has 3 aliphatic rings. The normalized spacial score (nSPS) is 22.1. The van der Waals surface area contributed by atoms with E-state index in [0.717, 1.165) is 88.6 Å². The van der Waals surface area contributed by atoms with Crippen LogP contribution in [0.25, 0.3) is 0 Å². The van der Waals surface area contributed by atoms with Gasteiger partial charge in [-0.1, -0.05) is 6.07 Å². The Bertz CT molecular complexity index is 1290. The third-order valence-electron chi connectivity index (χ3n) is 8.49. The predicted molar refractivity (Wildman–Crippen MR) is 163 cm³/mol. The number of aryl methyl sites for hydroxylation is 1. The molecule has 212 valence electrons. The summed E-state index contributed by atoms with van der Waals surface area (Å²) in [6, 6.07) is 17.3. The van der Waals surface area contributed by atoms with Crippen LogP contribution in [0.15, 0.2) is 54.7 Å². The summed E-state index contributed by atoms with van der Waals surface area (Å²) in [5.41, 5.74) is 7.20. The zero-order chi connectivity index (χ0) is 27.5. The van der Waals surface area contributed by atoms with E-state index < -0.39 is 0 Å². The fourth-order valence-corrected chi connectivity index (χ4v) is 6.69. The van der Waals surface area contributed by atoms with Gasteiger partial charge in [0.05, 0.1) is 44.2 Å². The van der Waals surface area contributed by atoms with Crippen molar-refractivity contribution in [2.45, 2.75) is 38.9 Å². The van der Waals surface area contributed by atoms with Crippen molar-refractivity contribution in [3.05, 3.63) is 77.4 Å². The Morgan fingerprint density at radius 1 is 0.900 bits per heavy atom. The molecule has 2 atom stereocenters. The van der Waals surface area contributed by atoms with Crippen molar-refractivity contribution in [3.63, 3.8) is 0 Å². The molecule has 8 nitrogen and oxygen atoms in total. The van der Waals surface area contributed by atoms with Crippen molar-refractivity contribution in [3.8, 4) is 0 Å². The third-order valence-corrected chi connectivity index (χ3v) is 8.81. The van der Waals surface area contributed by atoms with Crippen molar-refractivity contribution in [1.82, 2.24) is 19.8 Å². The molecular weight excluding hydrogens is 520 g/mol. The molecule has 2 aromatic heterocycles. The molecule has 0 bridgehead atoms. The van der Waals surface area contributed by atoms with E-state index >= 15 is 0 Å². The van der Waals surface area contributed by atoms with Crippen LogP contribution < -0.4 is 15.1 Å². The van der Waals surface area contributed by atoms with Gasteiger partial charge in [0.25, 0.3) is 0 Å². The van der Waals surface area contributed by atoms with E-state index in [0.29, 0.717) is 0 Å². The van der Waals surface area contributed by atoms with Gasteiger partial charge in [-0.05, 0) is 80.5 Å². The van der Waals surface area contributed by atoms with E-state index in [2.05, 4.69) is 80.9 Å². The highest BCUT2D eigenvalue weighted by molar-refractivity contribution is 7.80. The summed E-state index contributed by atoms with van der Waals surface area (Å²) in [5.74, 6) is 0. The number of rotatable bonds is 8. The largest absolute Gasteiger partial charge is 0.379 e. The predicted octanol–water partition coefficient (Wildman–Crippen LogP) is 4.24. The zero-order valence-electron chi connectivity index (χ0n) is 23.6. The maximum atomic E-state index is 6.00. The average molecular weight is 561 g/mol. The lowest BCUT2D eigenvalue weighted by Gasteiger charge is -2.31. The van der Waals surface area contributed by atoms with Gasteiger partial charge in [-0.2, -0.15) is 0 Å². The summed E-state index contributed by atoms with van der Waals surface area (Å²) in [6.45, 7) is 13.7. The molecule has 9 heteroatoms. The lowest BCUT2D eigenvalue weighted by molar-refractivity contribution is 0.0369. The van der Waals surface area contributed by atoms with E-state index in [9.17, 15) is 0 Å². The number of benzene rings is 1. The van der Waals surface area contributed by atoms with E-state index in [1.165, 1.54) is 22.6 Å². The molecular formula is C31H40N6O2S. The second-order valence-electron chi connectivity index (χ2n) is 10.9. The molecule has 0 amide bonds. The number of hydrogen-bond donors (Lipinski definition) is 1. The lowest BCUT2D eigenvalue weighted by Crippen LogP contribution is -2.37. The van der Waals surface area contributed by atoms with Gasteiger partial charge in [0.15, 0.2) is 5.11 Å². The minimum absolute atomic E-state index is 0.00386. The molecule has 3 fully saturated rings. The molecule has 1 aromatic carbocycles. The maximum absolute atomic E-state index is 6.00. The molecule has 0 spiro atoms. The molecule has 6 rings (SSSR count). The number of thiocarbonyl (C=S) groups is 1. The number of ether oxygens (including phenoxy) is 2. The average Bonchev–Trinajstić information content (AvgIpc) is 3.49. The first kappa shape index (κ1) is 27.2. The number of aromatic nitrogens is 2. The Morgan fingerprint density at radius 2 is 1.60 bits per heavy atom. The first-order chi connectivity index (χ1) is 19.6. The number of nitrogens with one attached hydrogen (secondary N) is 1. The first-order valence-corrected chi connectivity index (χ1v) is 14.9. The summed E-state index contributed by atoms with van der Waals surface area (Å²) >= 11 is 6.00. The third kappa shape index (κ3) is 5.61. The Kier molecular flexibility index (Phi) is 8.34. The molecule has 0 aliphatic carbocycles. The minimum Gasteiger partial charge on any atom is -0.379 e. The van der Waals surface area contributed by atoms with Crippen molar-refractivity contribution >= 4 is 28.7 Å². The Hall–Kier alpha value is -2.98. The van der Waals surface area contributed by atoms with E-state index in [1.807, 2.05) is 12.3 Å². The summed E-state index contributed by atoms with van der Waals surface area (Å²) in [4.78, 5) is 11.9. The van der Waals surface area contributed by atoms with Gasteiger partial charge in [-0.25, -0.2) is 0 Å². The molecule has 0 saturated carbocycles. The van der Waals surface area contributed by atoms with E-state index in [4.69, 9.17) is 26.7 Å². The standard InChI is InChI=1S/C31H40N6O2S/c1-23-22-27(24(2)36(23)13-5-12-34-14-18-38-19-15-34)30-29(28-6-3-4-11-32-28)33-31(40)37(30)26-9-7-25(8-10-26)35-16-20-39-21-17-35/h3-4,6-11,22,29-30H,5,12-21H2,1-2H3,(H,33,40)/t29-,30+/m0/s1. The van der Waals surface area contributed by atoms with E-state index in [-0.39, 0.29) is 12.1 Å². The SMILES string of the molecule is Cc1cc([C@@H]2[C@H](c3ccccn3)NC(=S)N2c2ccc(N3CCOCC3)cc2)c(C)n1CCCN1CCOCC1. The molecule has 0 radical (unpaired) electrons. The molecule has 3 aliphatic heterocycles. The molecule has 0 unspecified atom stereocenters. The Balaban J connectivity index is 1.29. The summed E-state index contributed by atoms with van der Waals surface area (Å²) in [7, 11) is 0. The number of hydrogen-bond acceptors (Lipinski definition) is 6. The van der Waals surface area contributed by atoms with Gasteiger partial charge in [-0.3, -0.25) is 9.88 Å². The topological polar surface area (TPSA) is 58.0 Å². The van der Waals surface area contributed by atoms with Gasteiger partial charge in [0.1, 0.15) is 0 Å². The van der Waals surface area contributed by atoms with Crippen LogP contribution in [0.5, 0.6) is 0 Å². The number of pyridine rings is 1. The highest BCUT2D eigenvalue weighted by atomic mass is 32.1. The molecule has 40 heavy (non-hydrogen) atoms. The van der Waals surface area contributed by atoms with Crippen molar-refractivity contribution in [2.24, 2.45) is 0 Å². The highest BCUT2D eigenvalue weighted by Crippen LogP contribution is 2.43. The van der Waals surface area contributed by atoms with Crippen LogP contribution in [0.3, 0.4) is 0 Å². The van der Waals surface area contributed by atoms with Gasteiger partial charge in [0.2, 0.25) is 0 Å². The van der Waals surface area contributed by atoms with Crippen LogP contribution in [0.1, 0.15) is 41.1 Å². The second-order valence-corrected chi connectivity index (χ2v) is 11.3. The smallest absolute Gasteiger partial charge is 0.174 e. The van der Waals surface area contributed by atoms with Crippen LogP contribution in [-0.2, 0) is 16.0 Å². The fraction of sp³-hybridized carbons (Fsp3) is 0.484. The van der Waals surface area contributed by atoms with Gasteiger partial charge in [-0.15, -0.1) is 0 Å². The molecule has 3 saturated heterocycles. The quantitative estimate of drug-likeness (QED) is 0.411. The summed E-state index contributed by atoms with van der Waals surface area (Å²) in [5, 5.41) is 4.36. The maximum Gasteiger partial charge on any atom is 0.174 e. The summed E-state index contributed by atoms with van der Waals surface area (Å²) in [6.07, 6.45) is 2.99. The van der Waals surface area contributed by atoms with Gasteiger partial charge in [0, 0.05) is 68.2 Å². The number of nitrogens with zero attached hydrogens (tertiary/aromatic N) is 5. The molecule has 3 aromatic rings. The Morgan fingerprint density at radius 3 is 2.30 bits per heavy atom. The van der Waals surface area contributed by atoms with Crippen molar-refractivity contribution in [1.29, 1.82) is 0 Å². The molecule has 1 N–H and O–H groups in total. The number of anilines is 2. The fourth-order valence-electron chi connectivity index (χ4n) is 6.34. The van der Waals surface area contributed by atoms with Crippen LogP contribution in [0, 0.1) is 13.8 Å². The first-order valence-electron chi connectivity index (χ1n) is 14.5. The second kappa shape index (κ2) is 12.3. The lowest BCUT2D eigenvalue weighted by atomic mass is 9.96. The Labute approximate surface area is 242 Å². The monoisotopic (exact) mass is 560 g/mol. The van der Waals surface area contributed by atoms with Crippen LogP contribution in [0.4, 0.5) is 11.4 Å². The minimum atomic E-state index is -0.0464. The number of morpholine rings is 2. The zero-order valence-corrected chi connectivity index (χ0v) is 24.4.